The fourth-order valence-electron chi connectivity index (χ4n) is 1.83. The van der Waals surface area contributed by atoms with E-state index in [1.54, 1.807) is 35.4 Å². The molecule has 0 spiro atoms. The molecule has 0 aliphatic heterocycles. The van der Waals surface area contributed by atoms with Gasteiger partial charge in [-0.25, -0.2) is 4.39 Å². The normalized spacial score (nSPS) is 10.4. The summed E-state index contributed by atoms with van der Waals surface area (Å²) in [6, 6.07) is 10.3. The van der Waals surface area contributed by atoms with Crippen LogP contribution in [-0.4, -0.2) is 17.9 Å². The van der Waals surface area contributed by atoms with E-state index in [9.17, 15) is 9.18 Å². The van der Waals surface area contributed by atoms with Gasteiger partial charge in [0.15, 0.2) is 0 Å². The number of hydrogen-bond acceptors (Lipinski definition) is 2. The summed E-state index contributed by atoms with van der Waals surface area (Å²) in [6.07, 6.45) is 1.29. The van der Waals surface area contributed by atoms with Crippen molar-refractivity contribution < 1.29 is 9.18 Å². The summed E-state index contributed by atoms with van der Waals surface area (Å²) in [4.78, 5) is 14.9. The minimum atomic E-state index is -0.254. The first-order valence-corrected chi connectivity index (χ1v) is 7.04. The van der Waals surface area contributed by atoms with Gasteiger partial charge in [-0.15, -0.1) is 11.3 Å². The van der Waals surface area contributed by atoms with E-state index < -0.39 is 0 Å². The molecule has 0 atom stereocenters. The Morgan fingerprint density at radius 2 is 2.00 bits per heavy atom. The molecule has 0 bridgehead atoms. The highest BCUT2D eigenvalue weighted by Gasteiger charge is 2.09. The van der Waals surface area contributed by atoms with Crippen LogP contribution in [0.5, 0.6) is 0 Å². The van der Waals surface area contributed by atoms with Crippen molar-refractivity contribution in [3.8, 4) is 0 Å². The molecule has 4 heteroatoms. The first kappa shape index (κ1) is 13.7. The van der Waals surface area contributed by atoms with Crippen LogP contribution in [0.2, 0.25) is 0 Å². The summed E-state index contributed by atoms with van der Waals surface area (Å²) in [5, 5.41) is 2.02. The third-order valence-corrected chi connectivity index (χ3v) is 3.86. The van der Waals surface area contributed by atoms with Gasteiger partial charge < -0.3 is 4.90 Å². The molecule has 2 rings (SSSR count). The number of aryl methyl sites for hydroxylation is 1. The summed E-state index contributed by atoms with van der Waals surface area (Å²) < 4.78 is 12.8. The summed E-state index contributed by atoms with van der Waals surface area (Å²) >= 11 is 1.67. The van der Waals surface area contributed by atoms with Crippen molar-refractivity contribution in [3.63, 3.8) is 0 Å². The van der Waals surface area contributed by atoms with Crippen LogP contribution in [0, 0.1) is 5.82 Å². The number of nitrogens with zero attached hydrogens (tertiary/aromatic N) is 1. The first-order chi connectivity index (χ1) is 9.15. The zero-order valence-electron chi connectivity index (χ0n) is 10.8. The molecule has 0 unspecified atom stereocenters. The maximum Gasteiger partial charge on any atom is 0.222 e. The number of halogens is 1. The maximum atomic E-state index is 12.8. The van der Waals surface area contributed by atoms with Crippen molar-refractivity contribution in [2.45, 2.75) is 19.4 Å². The fraction of sp³-hybridized carbons (Fsp3) is 0.267. The SMILES string of the molecule is CN(Cc1ccc(F)cc1)C(=O)CCc1cccs1. The molecular weight excluding hydrogens is 261 g/mol. The van der Waals surface area contributed by atoms with E-state index in [1.807, 2.05) is 17.5 Å². The first-order valence-electron chi connectivity index (χ1n) is 6.16. The van der Waals surface area contributed by atoms with Gasteiger partial charge in [0, 0.05) is 24.9 Å². The molecule has 2 nitrogen and oxygen atoms in total. The van der Waals surface area contributed by atoms with Crippen LogP contribution < -0.4 is 0 Å². The monoisotopic (exact) mass is 277 g/mol. The summed E-state index contributed by atoms with van der Waals surface area (Å²) in [5.74, 6) is -0.145. The predicted octanol–water partition coefficient (Wildman–Crippen LogP) is 3.48. The van der Waals surface area contributed by atoms with Crippen molar-refractivity contribution in [1.29, 1.82) is 0 Å². The average molecular weight is 277 g/mol. The standard InChI is InChI=1S/C15H16FNOS/c1-17(11-12-4-6-13(16)7-5-12)15(18)9-8-14-3-2-10-19-14/h2-7,10H,8-9,11H2,1H3. The van der Waals surface area contributed by atoms with Gasteiger partial charge in [-0.3, -0.25) is 4.79 Å². The van der Waals surface area contributed by atoms with Crippen LogP contribution in [0.15, 0.2) is 41.8 Å². The zero-order chi connectivity index (χ0) is 13.7. The van der Waals surface area contributed by atoms with Gasteiger partial charge in [0.25, 0.3) is 0 Å². The van der Waals surface area contributed by atoms with E-state index in [-0.39, 0.29) is 11.7 Å². The Hall–Kier alpha value is -1.68. The number of hydrogen-bond donors (Lipinski definition) is 0. The largest absolute Gasteiger partial charge is 0.341 e. The van der Waals surface area contributed by atoms with Crippen LogP contribution in [-0.2, 0) is 17.8 Å². The molecule has 1 aromatic heterocycles. The quantitative estimate of drug-likeness (QED) is 0.819. The molecule has 1 amide bonds. The number of benzene rings is 1. The Morgan fingerprint density at radius 1 is 1.26 bits per heavy atom. The van der Waals surface area contributed by atoms with Gasteiger partial charge in [0.1, 0.15) is 5.82 Å². The summed E-state index contributed by atoms with van der Waals surface area (Å²) in [6.45, 7) is 0.517. The second kappa shape index (κ2) is 6.48. The summed E-state index contributed by atoms with van der Waals surface area (Å²) in [5.41, 5.74) is 0.938. The number of carbonyl (C=O) groups is 1. The molecule has 0 radical (unpaired) electrons. The van der Waals surface area contributed by atoms with E-state index in [2.05, 4.69) is 0 Å². The van der Waals surface area contributed by atoms with Crippen LogP contribution in [0.3, 0.4) is 0 Å². The van der Waals surface area contributed by atoms with Crippen molar-refractivity contribution in [3.05, 3.63) is 58.0 Å². The third kappa shape index (κ3) is 4.17. The van der Waals surface area contributed by atoms with Gasteiger partial charge in [-0.05, 0) is 35.6 Å². The Bertz CT molecular complexity index is 522. The molecule has 100 valence electrons. The van der Waals surface area contributed by atoms with Crippen molar-refractivity contribution in [1.82, 2.24) is 4.90 Å². The van der Waals surface area contributed by atoms with Crippen molar-refractivity contribution in [2.24, 2.45) is 0 Å². The van der Waals surface area contributed by atoms with Gasteiger partial charge >= 0.3 is 0 Å². The minimum Gasteiger partial charge on any atom is -0.341 e. The minimum absolute atomic E-state index is 0.109. The van der Waals surface area contributed by atoms with Crippen LogP contribution in [0.1, 0.15) is 16.9 Å². The van der Waals surface area contributed by atoms with Crippen LogP contribution in [0.25, 0.3) is 0 Å². The topological polar surface area (TPSA) is 20.3 Å². The van der Waals surface area contributed by atoms with Crippen LogP contribution >= 0.6 is 11.3 Å². The average Bonchev–Trinajstić information content (AvgIpc) is 2.91. The smallest absolute Gasteiger partial charge is 0.222 e. The maximum absolute atomic E-state index is 12.8. The third-order valence-electron chi connectivity index (χ3n) is 2.92. The zero-order valence-corrected chi connectivity index (χ0v) is 11.6. The number of amides is 1. The van der Waals surface area contributed by atoms with E-state index in [0.29, 0.717) is 13.0 Å². The summed E-state index contributed by atoms with van der Waals surface area (Å²) in [7, 11) is 1.78. The molecular formula is C15H16FNOS. The second-order valence-corrected chi connectivity index (χ2v) is 5.49. The lowest BCUT2D eigenvalue weighted by Gasteiger charge is -2.17. The van der Waals surface area contributed by atoms with Gasteiger partial charge in [0.2, 0.25) is 5.91 Å². The fourth-order valence-corrected chi connectivity index (χ4v) is 2.54. The van der Waals surface area contributed by atoms with Crippen molar-refractivity contribution in [2.75, 3.05) is 7.05 Å². The lowest BCUT2D eigenvalue weighted by Crippen LogP contribution is -2.26. The van der Waals surface area contributed by atoms with E-state index in [0.717, 1.165) is 12.0 Å². The van der Waals surface area contributed by atoms with Crippen molar-refractivity contribution >= 4 is 17.2 Å². The highest BCUT2D eigenvalue weighted by molar-refractivity contribution is 7.09. The molecule has 19 heavy (non-hydrogen) atoms. The number of carbonyl (C=O) groups excluding carboxylic acids is 1. The van der Waals surface area contributed by atoms with Gasteiger partial charge in [-0.1, -0.05) is 18.2 Å². The molecule has 0 saturated heterocycles. The number of thiophene rings is 1. The molecule has 0 aliphatic rings. The molecule has 1 heterocycles. The Balaban J connectivity index is 1.83. The molecule has 0 aliphatic carbocycles. The molecule has 0 fully saturated rings. The van der Waals surface area contributed by atoms with E-state index in [4.69, 9.17) is 0 Å². The molecule has 0 N–H and O–H groups in total. The van der Waals surface area contributed by atoms with E-state index >= 15 is 0 Å². The highest BCUT2D eigenvalue weighted by Crippen LogP contribution is 2.12. The van der Waals surface area contributed by atoms with Gasteiger partial charge in [-0.2, -0.15) is 0 Å². The Morgan fingerprint density at radius 3 is 2.63 bits per heavy atom. The second-order valence-electron chi connectivity index (χ2n) is 4.46. The van der Waals surface area contributed by atoms with Gasteiger partial charge in [0.05, 0.1) is 0 Å². The Labute approximate surface area is 116 Å². The molecule has 1 aromatic carbocycles. The lowest BCUT2D eigenvalue weighted by molar-refractivity contribution is -0.130. The Kier molecular flexibility index (Phi) is 4.68. The highest BCUT2D eigenvalue weighted by atomic mass is 32.1. The lowest BCUT2D eigenvalue weighted by atomic mass is 10.2. The predicted molar refractivity (Wildman–Crippen MR) is 75.5 cm³/mol. The number of rotatable bonds is 5. The van der Waals surface area contributed by atoms with Crippen LogP contribution in [0.4, 0.5) is 4.39 Å². The van der Waals surface area contributed by atoms with E-state index in [1.165, 1.54) is 17.0 Å². The molecule has 2 aromatic rings. The molecule has 0 saturated carbocycles.